The van der Waals surface area contributed by atoms with Crippen molar-refractivity contribution < 1.29 is 0 Å². The van der Waals surface area contributed by atoms with Crippen molar-refractivity contribution in [2.75, 3.05) is 0 Å². The Labute approximate surface area is 119 Å². The number of H-pyrrole nitrogens is 1. The molecule has 2 aromatic heterocycles. The van der Waals surface area contributed by atoms with Gasteiger partial charge in [0, 0.05) is 23.3 Å². The first-order chi connectivity index (χ1) is 10.2. The summed E-state index contributed by atoms with van der Waals surface area (Å²) in [7, 11) is 1.71. The molecule has 0 spiro atoms. The fraction of sp³-hybridized carbons (Fsp3) is 0.0588. The second-order valence-electron chi connectivity index (χ2n) is 5.13. The molecule has 4 nitrogen and oxygen atoms in total. The third-order valence-corrected chi connectivity index (χ3v) is 3.95. The van der Waals surface area contributed by atoms with Crippen LogP contribution in [0.1, 0.15) is 0 Å². The van der Waals surface area contributed by atoms with Gasteiger partial charge in [-0.2, -0.15) is 0 Å². The maximum Gasteiger partial charge on any atom is 0.258 e. The molecule has 2 heterocycles. The topological polar surface area (TPSA) is 54.9 Å². The highest BCUT2D eigenvalue weighted by atomic mass is 16.1. The SMILES string of the molecule is Cn1c(=O)c2ccccc2c(=O)c2[nH]c3ccccc3c21. The number of benzene rings is 2. The number of nitrogens with one attached hydrogen (secondary N) is 1. The Morgan fingerprint density at radius 2 is 1.48 bits per heavy atom. The molecule has 0 radical (unpaired) electrons. The van der Waals surface area contributed by atoms with Crippen molar-refractivity contribution in [1.29, 1.82) is 0 Å². The van der Waals surface area contributed by atoms with E-state index in [0.29, 0.717) is 21.8 Å². The normalized spacial score (nSPS) is 11.5. The molecule has 0 saturated heterocycles. The number of aromatic amines is 1. The van der Waals surface area contributed by atoms with Crippen molar-refractivity contribution >= 4 is 32.7 Å². The molecule has 0 unspecified atom stereocenters. The lowest BCUT2D eigenvalue weighted by molar-refractivity contribution is 0.925. The quantitative estimate of drug-likeness (QED) is 0.536. The van der Waals surface area contributed by atoms with E-state index in [-0.39, 0.29) is 11.0 Å². The molecule has 0 bridgehead atoms. The second kappa shape index (κ2) is 4.06. The summed E-state index contributed by atoms with van der Waals surface area (Å²) in [6, 6.07) is 14.6. The van der Waals surface area contributed by atoms with Crippen molar-refractivity contribution in [3.63, 3.8) is 0 Å². The van der Waals surface area contributed by atoms with Crippen LogP contribution in [0, 0.1) is 0 Å². The first-order valence-electron chi connectivity index (χ1n) is 6.71. The minimum atomic E-state index is -0.164. The minimum absolute atomic E-state index is 0.144. The van der Waals surface area contributed by atoms with Crippen LogP contribution in [0.2, 0.25) is 0 Å². The van der Waals surface area contributed by atoms with E-state index < -0.39 is 0 Å². The van der Waals surface area contributed by atoms with E-state index in [1.54, 1.807) is 35.9 Å². The van der Waals surface area contributed by atoms with Crippen LogP contribution >= 0.6 is 0 Å². The fourth-order valence-electron chi connectivity index (χ4n) is 2.92. The highest BCUT2D eigenvalue weighted by Crippen LogP contribution is 2.22. The first-order valence-corrected chi connectivity index (χ1v) is 6.71. The largest absolute Gasteiger partial charge is 0.350 e. The molecule has 21 heavy (non-hydrogen) atoms. The number of hydrogen-bond acceptors (Lipinski definition) is 2. The molecule has 0 amide bonds. The Hall–Kier alpha value is -2.88. The molecule has 0 fully saturated rings. The number of aryl methyl sites for hydroxylation is 1. The van der Waals surface area contributed by atoms with E-state index >= 15 is 0 Å². The summed E-state index contributed by atoms with van der Waals surface area (Å²) < 4.78 is 1.55. The van der Waals surface area contributed by atoms with Crippen LogP contribution in [0.3, 0.4) is 0 Å². The maximum absolute atomic E-state index is 12.8. The Morgan fingerprint density at radius 1 is 0.857 bits per heavy atom. The molecule has 1 N–H and O–H groups in total. The average molecular weight is 276 g/mol. The lowest BCUT2D eigenvalue weighted by Crippen LogP contribution is -2.13. The van der Waals surface area contributed by atoms with Crippen molar-refractivity contribution in [1.82, 2.24) is 9.55 Å². The summed E-state index contributed by atoms with van der Waals surface area (Å²) in [5.41, 5.74) is 1.67. The molecular formula is C17H12N2O2. The maximum atomic E-state index is 12.8. The van der Waals surface area contributed by atoms with E-state index in [0.717, 1.165) is 10.9 Å². The van der Waals surface area contributed by atoms with Gasteiger partial charge in [0.15, 0.2) is 0 Å². The summed E-state index contributed by atoms with van der Waals surface area (Å²) in [4.78, 5) is 28.6. The zero-order chi connectivity index (χ0) is 14.6. The van der Waals surface area contributed by atoms with Gasteiger partial charge in [-0.1, -0.05) is 36.4 Å². The Kier molecular flexibility index (Phi) is 2.30. The molecule has 0 atom stereocenters. The van der Waals surface area contributed by atoms with Gasteiger partial charge in [0.1, 0.15) is 5.52 Å². The predicted octanol–water partition coefficient (Wildman–Crippen LogP) is 2.53. The Morgan fingerprint density at radius 3 is 2.24 bits per heavy atom. The van der Waals surface area contributed by atoms with E-state index in [2.05, 4.69) is 4.98 Å². The van der Waals surface area contributed by atoms with Gasteiger partial charge in [-0.15, -0.1) is 0 Å². The summed E-state index contributed by atoms with van der Waals surface area (Å²) in [5.74, 6) is 0. The van der Waals surface area contributed by atoms with E-state index in [4.69, 9.17) is 0 Å². The molecule has 0 aliphatic rings. The molecule has 4 aromatic rings. The van der Waals surface area contributed by atoms with Crippen LogP contribution in [-0.2, 0) is 7.05 Å². The zero-order valence-electron chi connectivity index (χ0n) is 11.4. The summed E-state index contributed by atoms with van der Waals surface area (Å²) in [5, 5.41) is 1.77. The highest BCUT2D eigenvalue weighted by Gasteiger charge is 2.13. The highest BCUT2D eigenvalue weighted by molar-refractivity contribution is 6.06. The van der Waals surface area contributed by atoms with Gasteiger partial charge in [-0.3, -0.25) is 9.59 Å². The van der Waals surface area contributed by atoms with Gasteiger partial charge in [0.25, 0.3) is 5.56 Å². The molecule has 0 aliphatic heterocycles. The lowest BCUT2D eigenvalue weighted by atomic mass is 10.2. The number of nitrogens with zero attached hydrogens (tertiary/aromatic N) is 1. The van der Waals surface area contributed by atoms with Crippen LogP contribution in [0.4, 0.5) is 0 Å². The Bertz CT molecular complexity index is 1140. The van der Waals surface area contributed by atoms with Gasteiger partial charge < -0.3 is 9.55 Å². The van der Waals surface area contributed by atoms with Crippen molar-refractivity contribution in [2.24, 2.45) is 7.05 Å². The summed E-state index contributed by atoms with van der Waals surface area (Å²) in [6.07, 6.45) is 0. The second-order valence-corrected chi connectivity index (χ2v) is 5.13. The fourth-order valence-corrected chi connectivity index (χ4v) is 2.92. The lowest BCUT2D eigenvalue weighted by Gasteiger charge is -1.96. The standard InChI is InChI=1S/C17H12N2O2/c1-19-15-12-8-4-5-9-13(12)18-14(15)16(20)10-6-2-3-7-11(10)17(19)21/h2-9,18H,1H3. The molecule has 4 heteroatoms. The van der Waals surface area contributed by atoms with Gasteiger partial charge in [-0.05, 0) is 12.1 Å². The summed E-state index contributed by atoms with van der Waals surface area (Å²) in [6.45, 7) is 0. The van der Waals surface area contributed by atoms with Crippen molar-refractivity contribution in [2.45, 2.75) is 0 Å². The van der Waals surface area contributed by atoms with Crippen LogP contribution in [0.15, 0.2) is 58.1 Å². The van der Waals surface area contributed by atoms with E-state index in [9.17, 15) is 9.59 Å². The van der Waals surface area contributed by atoms with Crippen LogP contribution < -0.4 is 11.0 Å². The van der Waals surface area contributed by atoms with Gasteiger partial charge in [0.05, 0.1) is 10.9 Å². The van der Waals surface area contributed by atoms with Crippen molar-refractivity contribution in [3.05, 3.63) is 69.1 Å². The van der Waals surface area contributed by atoms with E-state index in [1.165, 1.54) is 0 Å². The molecule has 0 aliphatic carbocycles. The van der Waals surface area contributed by atoms with Gasteiger partial charge in [0.2, 0.25) is 5.43 Å². The number of para-hydroxylation sites is 1. The van der Waals surface area contributed by atoms with E-state index in [1.807, 2.05) is 24.3 Å². The third kappa shape index (κ3) is 1.50. The Balaban J connectivity index is 2.50. The average Bonchev–Trinajstić information content (AvgIpc) is 2.89. The molecular weight excluding hydrogens is 264 g/mol. The van der Waals surface area contributed by atoms with Crippen LogP contribution in [0.25, 0.3) is 32.7 Å². The minimum Gasteiger partial charge on any atom is -0.350 e. The number of hydrogen-bond donors (Lipinski definition) is 1. The predicted molar refractivity (Wildman–Crippen MR) is 84.8 cm³/mol. The van der Waals surface area contributed by atoms with Crippen LogP contribution in [-0.4, -0.2) is 9.55 Å². The third-order valence-electron chi connectivity index (χ3n) is 3.95. The number of fused-ring (bicyclic) bond motifs is 4. The number of aromatic nitrogens is 2. The van der Waals surface area contributed by atoms with Crippen molar-refractivity contribution in [3.8, 4) is 0 Å². The van der Waals surface area contributed by atoms with Gasteiger partial charge in [-0.25, -0.2) is 0 Å². The monoisotopic (exact) mass is 276 g/mol. The number of rotatable bonds is 0. The zero-order valence-corrected chi connectivity index (χ0v) is 11.4. The molecule has 0 saturated carbocycles. The smallest absolute Gasteiger partial charge is 0.258 e. The van der Waals surface area contributed by atoms with Gasteiger partial charge >= 0.3 is 0 Å². The molecule has 4 rings (SSSR count). The van der Waals surface area contributed by atoms with Crippen LogP contribution in [0.5, 0.6) is 0 Å². The molecule has 102 valence electrons. The molecule has 2 aromatic carbocycles. The first kappa shape index (κ1) is 11.9. The summed E-state index contributed by atoms with van der Waals surface area (Å²) >= 11 is 0.